The first kappa shape index (κ1) is 12.0. The molecule has 0 aliphatic heterocycles. The van der Waals surface area contributed by atoms with Crippen LogP contribution < -0.4 is 4.74 Å². The van der Waals surface area contributed by atoms with Crippen LogP contribution >= 0.6 is 0 Å². The predicted octanol–water partition coefficient (Wildman–Crippen LogP) is 4.52. The van der Waals surface area contributed by atoms with E-state index in [0.717, 1.165) is 18.6 Å². The second-order valence-corrected chi connectivity index (χ2v) is 4.54. The van der Waals surface area contributed by atoms with Gasteiger partial charge >= 0.3 is 0 Å². The molecule has 1 aromatic carbocycles. The fraction of sp³-hybridized carbons (Fsp3) is 0.467. The Kier molecular flexibility index (Phi) is 4.08. The third-order valence-electron chi connectivity index (χ3n) is 3.05. The van der Waals surface area contributed by atoms with Crippen LogP contribution in [0, 0.1) is 0 Å². The molecule has 1 heterocycles. The molecule has 2 aromatic rings. The minimum absolute atomic E-state index is 0.362. The molecule has 17 heavy (non-hydrogen) atoms. The molecule has 1 N–H and O–H groups in total. The average molecular weight is 231 g/mol. The Morgan fingerprint density at radius 1 is 1.12 bits per heavy atom. The SMILES string of the molecule is CCCC(CCC)Oc1ccc2[nH]ccc2c1. The molecule has 0 radical (unpaired) electrons. The molecule has 0 aliphatic carbocycles. The van der Waals surface area contributed by atoms with Gasteiger partial charge < -0.3 is 9.72 Å². The third-order valence-corrected chi connectivity index (χ3v) is 3.05. The maximum absolute atomic E-state index is 6.06. The van der Waals surface area contributed by atoms with Crippen LogP contribution in [0.4, 0.5) is 0 Å². The van der Waals surface area contributed by atoms with E-state index in [1.165, 1.54) is 23.7 Å². The van der Waals surface area contributed by atoms with Crippen molar-refractivity contribution < 1.29 is 4.74 Å². The van der Waals surface area contributed by atoms with E-state index < -0.39 is 0 Å². The molecule has 0 unspecified atom stereocenters. The molecule has 0 saturated heterocycles. The van der Waals surface area contributed by atoms with Crippen LogP contribution in [-0.2, 0) is 0 Å². The Labute approximate surface area is 103 Å². The number of rotatable bonds is 6. The monoisotopic (exact) mass is 231 g/mol. The first-order valence-corrected chi connectivity index (χ1v) is 6.57. The molecule has 0 fully saturated rings. The van der Waals surface area contributed by atoms with Crippen LogP contribution in [0.1, 0.15) is 39.5 Å². The molecule has 0 atom stereocenters. The molecule has 0 bridgehead atoms. The molecule has 2 heteroatoms. The van der Waals surface area contributed by atoms with Gasteiger partial charge in [0.05, 0.1) is 6.10 Å². The summed E-state index contributed by atoms with van der Waals surface area (Å²) in [4.78, 5) is 3.19. The van der Waals surface area contributed by atoms with Crippen molar-refractivity contribution in [1.29, 1.82) is 0 Å². The molecule has 0 amide bonds. The van der Waals surface area contributed by atoms with Crippen molar-refractivity contribution in [1.82, 2.24) is 4.98 Å². The molecule has 0 spiro atoms. The van der Waals surface area contributed by atoms with Crippen LogP contribution in [-0.4, -0.2) is 11.1 Å². The van der Waals surface area contributed by atoms with Crippen LogP contribution in [0.25, 0.3) is 10.9 Å². The first-order chi connectivity index (χ1) is 8.33. The van der Waals surface area contributed by atoms with E-state index in [2.05, 4.69) is 43.1 Å². The van der Waals surface area contributed by atoms with Gasteiger partial charge in [0, 0.05) is 17.1 Å². The summed E-state index contributed by atoms with van der Waals surface area (Å²) in [5.41, 5.74) is 1.17. The van der Waals surface area contributed by atoms with E-state index in [-0.39, 0.29) is 0 Å². The van der Waals surface area contributed by atoms with E-state index in [0.29, 0.717) is 6.10 Å². The summed E-state index contributed by atoms with van der Waals surface area (Å²) in [6, 6.07) is 8.33. The highest BCUT2D eigenvalue weighted by molar-refractivity contribution is 5.80. The van der Waals surface area contributed by atoms with E-state index in [1.807, 2.05) is 6.20 Å². The second-order valence-electron chi connectivity index (χ2n) is 4.54. The number of aromatic amines is 1. The normalized spacial score (nSPS) is 11.2. The highest BCUT2D eigenvalue weighted by Gasteiger charge is 2.08. The number of ether oxygens (including phenoxy) is 1. The summed E-state index contributed by atoms with van der Waals surface area (Å²) in [6.07, 6.45) is 6.96. The van der Waals surface area contributed by atoms with Crippen molar-refractivity contribution in [2.24, 2.45) is 0 Å². The zero-order chi connectivity index (χ0) is 12.1. The maximum atomic E-state index is 6.06. The lowest BCUT2D eigenvalue weighted by Crippen LogP contribution is -2.15. The van der Waals surface area contributed by atoms with Crippen LogP contribution in [0.3, 0.4) is 0 Å². The Hall–Kier alpha value is -1.44. The minimum atomic E-state index is 0.362. The van der Waals surface area contributed by atoms with E-state index in [4.69, 9.17) is 4.74 Å². The third kappa shape index (κ3) is 3.02. The summed E-state index contributed by atoms with van der Waals surface area (Å²) in [5.74, 6) is 0.990. The van der Waals surface area contributed by atoms with Gasteiger partial charge in [-0.15, -0.1) is 0 Å². The Morgan fingerprint density at radius 3 is 2.59 bits per heavy atom. The van der Waals surface area contributed by atoms with E-state index in [1.54, 1.807) is 0 Å². The molecule has 0 aliphatic rings. The highest BCUT2D eigenvalue weighted by atomic mass is 16.5. The van der Waals surface area contributed by atoms with Gasteiger partial charge in [0.1, 0.15) is 5.75 Å². The fourth-order valence-electron chi connectivity index (χ4n) is 2.20. The van der Waals surface area contributed by atoms with Gasteiger partial charge in [0.25, 0.3) is 0 Å². The van der Waals surface area contributed by atoms with Gasteiger partial charge in [-0.2, -0.15) is 0 Å². The quantitative estimate of drug-likeness (QED) is 0.777. The topological polar surface area (TPSA) is 25.0 Å². The van der Waals surface area contributed by atoms with Gasteiger partial charge in [-0.1, -0.05) is 26.7 Å². The molecule has 92 valence electrons. The van der Waals surface area contributed by atoms with Crippen LogP contribution in [0.2, 0.25) is 0 Å². The standard InChI is InChI=1S/C15H21NO/c1-3-5-13(6-4-2)17-14-7-8-15-12(11-14)9-10-16-15/h7-11,13,16H,3-6H2,1-2H3. The molecule has 0 saturated carbocycles. The Bertz CT molecular complexity index is 455. The van der Waals surface area contributed by atoms with Crippen molar-refractivity contribution >= 4 is 10.9 Å². The summed E-state index contributed by atoms with van der Waals surface area (Å²) in [7, 11) is 0. The number of hydrogen-bond donors (Lipinski definition) is 1. The van der Waals surface area contributed by atoms with Crippen molar-refractivity contribution in [3.8, 4) is 5.75 Å². The van der Waals surface area contributed by atoms with Crippen LogP contribution in [0.5, 0.6) is 5.75 Å². The van der Waals surface area contributed by atoms with Crippen molar-refractivity contribution in [3.05, 3.63) is 30.5 Å². The molecular formula is C15H21NO. The Balaban J connectivity index is 2.09. The van der Waals surface area contributed by atoms with Crippen molar-refractivity contribution in [3.63, 3.8) is 0 Å². The number of nitrogens with one attached hydrogen (secondary N) is 1. The zero-order valence-electron chi connectivity index (χ0n) is 10.7. The fourth-order valence-corrected chi connectivity index (χ4v) is 2.20. The molecular weight excluding hydrogens is 210 g/mol. The highest BCUT2D eigenvalue weighted by Crippen LogP contribution is 2.22. The first-order valence-electron chi connectivity index (χ1n) is 6.57. The lowest BCUT2D eigenvalue weighted by Gasteiger charge is -2.18. The summed E-state index contributed by atoms with van der Waals surface area (Å²) in [5, 5.41) is 1.22. The van der Waals surface area contributed by atoms with Crippen molar-refractivity contribution in [2.45, 2.75) is 45.6 Å². The van der Waals surface area contributed by atoms with Crippen LogP contribution in [0.15, 0.2) is 30.5 Å². The van der Waals surface area contributed by atoms with Gasteiger partial charge in [0.2, 0.25) is 0 Å². The number of aromatic nitrogens is 1. The van der Waals surface area contributed by atoms with Gasteiger partial charge in [-0.25, -0.2) is 0 Å². The Morgan fingerprint density at radius 2 is 1.88 bits per heavy atom. The minimum Gasteiger partial charge on any atom is -0.490 e. The summed E-state index contributed by atoms with van der Waals surface area (Å²) < 4.78 is 6.06. The summed E-state index contributed by atoms with van der Waals surface area (Å²) >= 11 is 0. The molecule has 2 rings (SSSR count). The maximum Gasteiger partial charge on any atom is 0.120 e. The number of fused-ring (bicyclic) bond motifs is 1. The van der Waals surface area contributed by atoms with E-state index in [9.17, 15) is 0 Å². The largest absolute Gasteiger partial charge is 0.490 e. The lowest BCUT2D eigenvalue weighted by atomic mass is 10.1. The van der Waals surface area contributed by atoms with E-state index >= 15 is 0 Å². The molecule has 1 aromatic heterocycles. The smallest absolute Gasteiger partial charge is 0.120 e. The number of hydrogen-bond acceptors (Lipinski definition) is 1. The molecule has 2 nitrogen and oxygen atoms in total. The second kappa shape index (κ2) is 5.76. The number of benzene rings is 1. The summed E-state index contributed by atoms with van der Waals surface area (Å²) in [6.45, 7) is 4.42. The van der Waals surface area contributed by atoms with Gasteiger partial charge in [-0.3, -0.25) is 0 Å². The van der Waals surface area contributed by atoms with Gasteiger partial charge in [0.15, 0.2) is 0 Å². The number of H-pyrrole nitrogens is 1. The van der Waals surface area contributed by atoms with Crippen molar-refractivity contribution in [2.75, 3.05) is 0 Å². The lowest BCUT2D eigenvalue weighted by molar-refractivity contribution is 0.179. The zero-order valence-corrected chi connectivity index (χ0v) is 10.7. The average Bonchev–Trinajstić information content (AvgIpc) is 2.77. The predicted molar refractivity (Wildman–Crippen MR) is 72.5 cm³/mol. The van der Waals surface area contributed by atoms with Gasteiger partial charge in [-0.05, 0) is 37.1 Å².